The Balaban J connectivity index is 2.05. The predicted molar refractivity (Wildman–Crippen MR) is 72.1 cm³/mol. The van der Waals surface area contributed by atoms with E-state index in [2.05, 4.69) is 22.9 Å². The number of hydrogen-bond donors (Lipinski definition) is 1. The molecule has 94 valence electrons. The zero-order valence-corrected chi connectivity index (χ0v) is 10.9. The molecule has 0 saturated carbocycles. The first-order chi connectivity index (χ1) is 8.20. The highest BCUT2D eigenvalue weighted by Crippen LogP contribution is 2.26. The van der Waals surface area contributed by atoms with Gasteiger partial charge in [-0.2, -0.15) is 0 Å². The van der Waals surface area contributed by atoms with Crippen LogP contribution < -0.4 is 10.6 Å². The van der Waals surface area contributed by atoms with Crippen molar-refractivity contribution in [3.05, 3.63) is 23.9 Å². The first kappa shape index (κ1) is 12.4. The Morgan fingerprint density at radius 1 is 1.59 bits per heavy atom. The van der Waals surface area contributed by atoms with Crippen LogP contribution in [0.3, 0.4) is 0 Å². The van der Waals surface area contributed by atoms with Crippen LogP contribution in [0.2, 0.25) is 0 Å². The Kier molecular flexibility index (Phi) is 4.00. The molecule has 1 aliphatic heterocycles. The summed E-state index contributed by atoms with van der Waals surface area (Å²) in [5.74, 6) is 1.94. The van der Waals surface area contributed by atoms with Crippen LogP contribution in [0.25, 0.3) is 0 Å². The first-order valence-electron chi connectivity index (χ1n) is 6.67. The molecule has 2 N–H and O–H groups in total. The van der Waals surface area contributed by atoms with E-state index in [0.29, 0.717) is 0 Å². The molecule has 0 amide bonds. The van der Waals surface area contributed by atoms with Crippen molar-refractivity contribution >= 4 is 5.82 Å². The Morgan fingerprint density at radius 3 is 3.12 bits per heavy atom. The molecule has 3 heteroatoms. The zero-order valence-electron chi connectivity index (χ0n) is 10.9. The molecule has 0 aromatic carbocycles. The minimum Gasteiger partial charge on any atom is -0.356 e. The molecular weight excluding hydrogens is 210 g/mol. The van der Waals surface area contributed by atoms with E-state index in [1.807, 2.05) is 19.2 Å². The highest BCUT2D eigenvalue weighted by atomic mass is 15.2. The molecule has 3 nitrogen and oxygen atoms in total. The minimum absolute atomic E-state index is 0.0887. The van der Waals surface area contributed by atoms with Crippen LogP contribution >= 0.6 is 0 Å². The van der Waals surface area contributed by atoms with Gasteiger partial charge in [0, 0.05) is 25.3 Å². The summed E-state index contributed by atoms with van der Waals surface area (Å²) in [6.45, 7) is 6.57. The number of nitrogens with zero attached hydrogens (tertiary/aromatic N) is 2. The number of nitrogens with two attached hydrogens (primary N) is 1. The number of pyridine rings is 1. The summed E-state index contributed by atoms with van der Waals surface area (Å²) in [4.78, 5) is 6.86. The second kappa shape index (κ2) is 5.50. The van der Waals surface area contributed by atoms with Gasteiger partial charge < -0.3 is 10.6 Å². The van der Waals surface area contributed by atoms with Crippen molar-refractivity contribution in [1.82, 2.24) is 4.98 Å². The lowest BCUT2D eigenvalue weighted by Gasteiger charge is -2.18. The maximum absolute atomic E-state index is 5.91. The summed E-state index contributed by atoms with van der Waals surface area (Å²) in [6, 6.07) is 4.23. The van der Waals surface area contributed by atoms with Crippen LogP contribution in [-0.2, 0) is 0 Å². The third-order valence-electron chi connectivity index (χ3n) is 3.60. The van der Waals surface area contributed by atoms with Gasteiger partial charge in [0.05, 0.1) is 0 Å². The summed E-state index contributed by atoms with van der Waals surface area (Å²) >= 11 is 0. The fraction of sp³-hybridized carbons (Fsp3) is 0.643. The van der Waals surface area contributed by atoms with Gasteiger partial charge in [0.15, 0.2) is 0 Å². The lowest BCUT2D eigenvalue weighted by molar-refractivity contribution is 0.529. The van der Waals surface area contributed by atoms with Gasteiger partial charge in [0.1, 0.15) is 5.82 Å². The Hall–Kier alpha value is -1.09. The van der Waals surface area contributed by atoms with E-state index in [-0.39, 0.29) is 6.04 Å². The van der Waals surface area contributed by atoms with E-state index in [4.69, 9.17) is 5.73 Å². The predicted octanol–water partition coefficient (Wildman–Crippen LogP) is 2.73. The van der Waals surface area contributed by atoms with E-state index in [0.717, 1.165) is 24.8 Å². The fourth-order valence-electron chi connectivity index (χ4n) is 2.57. The molecule has 1 unspecified atom stereocenters. The summed E-state index contributed by atoms with van der Waals surface area (Å²) < 4.78 is 0. The molecule has 1 fully saturated rings. The average Bonchev–Trinajstić information content (AvgIpc) is 2.78. The van der Waals surface area contributed by atoms with Gasteiger partial charge in [-0.05, 0) is 43.4 Å². The minimum atomic E-state index is 0.0887. The molecule has 2 rings (SSSR count). The molecule has 0 spiro atoms. The molecule has 0 bridgehead atoms. The van der Waals surface area contributed by atoms with Crippen LogP contribution in [-0.4, -0.2) is 18.1 Å². The first-order valence-corrected chi connectivity index (χ1v) is 6.67. The third-order valence-corrected chi connectivity index (χ3v) is 3.60. The van der Waals surface area contributed by atoms with E-state index >= 15 is 0 Å². The van der Waals surface area contributed by atoms with Gasteiger partial charge in [0.2, 0.25) is 0 Å². The van der Waals surface area contributed by atoms with Crippen LogP contribution in [0, 0.1) is 5.92 Å². The second-order valence-electron chi connectivity index (χ2n) is 5.13. The molecule has 0 aliphatic carbocycles. The molecule has 1 aliphatic rings. The van der Waals surface area contributed by atoms with Crippen LogP contribution in [0.15, 0.2) is 18.3 Å². The summed E-state index contributed by atoms with van der Waals surface area (Å²) in [6.07, 6.45) is 5.80. The smallest absolute Gasteiger partial charge is 0.128 e. The van der Waals surface area contributed by atoms with E-state index in [1.165, 1.54) is 24.8 Å². The Morgan fingerprint density at radius 2 is 2.41 bits per heavy atom. The van der Waals surface area contributed by atoms with E-state index in [1.54, 1.807) is 0 Å². The van der Waals surface area contributed by atoms with Gasteiger partial charge in [-0.3, -0.25) is 0 Å². The Labute approximate surface area is 104 Å². The lowest BCUT2D eigenvalue weighted by atomic mass is 10.0. The standard InChI is InChI=1S/C14H23N3/c1-3-4-12-6-8-17(10-12)14-9-13(11(2)15)5-7-16-14/h5,7,9,11-12H,3-4,6,8,10,15H2,1-2H3/t11-,12?/m0/s1. The number of anilines is 1. The third kappa shape index (κ3) is 2.97. The van der Waals surface area contributed by atoms with Crippen LogP contribution in [0.5, 0.6) is 0 Å². The van der Waals surface area contributed by atoms with Gasteiger partial charge >= 0.3 is 0 Å². The number of hydrogen-bond acceptors (Lipinski definition) is 3. The maximum Gasteiger partial charge on any atom is 0.128 e. The summed E-state index contributed by atoms with van der Waals surface area (Å²) in [7, 11) is 0. The molecular formula is C14H23N3. The molecule has 1 aromatic heterocycles. The monoisotopic (exact) mass is 233 g/mol. The quantitative estimate of drug-likeness (QED) is 0.869. The van der Waals surface area contributed by atoms with E-state index in [9.17, 15) is 0 Å². The van der Waals surface area contributed by atoms with E-state index < -0.39 is 0 Å². The van der Waals surface area contributed by atoms with Crippen LogP contribution in [0.4, 0.5) is 5.82 Å². The van der Waals surface area contributed by atoms with Crippen molar-refractivity contribution in [2.45, 2.75) is 39.2 Å². The fourth-order valence-corrected chi connectivity index (χ4v) is 2.57. The Bertz CT molecular complexity index is 362. The number of rotatable bonds is 4. The molecule has 2 heterocycles. The number of aromatic nitrogens is 1. The summed E-state index contributed by atoms with van der Waals surface area (Å²) in [5.41, 5.74) is 7.08. The molecule has 1 saturated heterocycles. The lowest BCUT2D eigenvalue weighted by Crippen LogP contribution is -2.21. The van der Waals surface area contributed by atoms with Gasteiger partial charge in [-0.25, -0.2) is 4.98 Å². The van der Waals surface area contributed by atoms with Gasteiger partial charge in [0.25, 0.3) is 0 Å². The van der Waals surface area contributed by atoms with Gasteiger partial charge in [-0.1, -0.05) is 13.3 Å². The summed E-state index contributed by atoms with van der Waals surface area (Å²) in [5, 5.41) is 0. The molecule has 2 atom stereocenters. The highest BCUT2D eigenvalue weighted by molar-refractivity contribution is 5.42. The van der Waals surface area contributed by atoms with Crippen molar-refractivity contribution in [3.63, 3.8) is 0 Å². The maximum atomic E-state index is 5.91. The van der Waals surface area contributed by atoms with Crippen molar-refractivity contribution in [2.24, 2.45) is 11.7 Å². The van der Waals surface area contributed by atoms with Crippen molar-refractivity contribution in [3.8, 4) is 0 Å². The highest BCUT2D eigenvalue weighted by Gasteiger charge is 2.22. The van der Waals surface area contributed by atoms with Crippen molar-refractivity contribution in [1.29, 1.82) is 0 Å². The SMILES string of the molecule is CCCC1CCN(c2cc([C@H](C)N)ccn2)C1. The normalized spacial score (nSPS) is 21.8. The molecule has 1 aromatic rings. The average molecular weight is 233 g/mol. The largest absolute Gasteiger partial charge is 0.356 e. The second-order valence-corrected chi connectivity index (χ2v) is 5.13. The van der Waals surface area contributed by atoms with Crippen LogP contribution in [0.1, 0.15) is 44.7 Å². The topological polar surface area (TPSA) is 42.1 Å². The van der Waals surface area contributed by atoms with Crippen molar-refractivity contribution in [2.75, 3.05) is 18.0 Å². The van der Waals surface area contributed by atoms with Crippen molar-refractivity contribution < 1.29 is 0 Å². The van der Waals surface area contributed by atoms with Gasteiger partial charge in [-0.15, -0.1) is 0 Å². The zero-order chi connectivity index (χ0) is 12.3. The molecule has 0 radical (unpaired) electrons. The molecule has 17 heavy (non-hydrogen) atoms.